The smallest absolute Gasteiger partial charge is 0.207 e. The number of hydrogen-bond acceptors (Lipinski definition) is 0. The molecule has 0 atom stereocenters. The van der Waals surface area contributed by atoms with Gasteiger partial charge in [0.2, 0.25) is 0 Å². The lowest BCUT2D eigenvalue weighted by molar-refractivity contribution is -0.137. The van der Waals surface area contributed by atoms with E-state index in [4.69, 9.17) is 0 Å². The maximum Gasteiger partial charge on any atom is 0.416 e. The second kappa shape index (κ2) is 5.61. The average Bonchev–Trinajstić information content (AvgIpc) is 2.35. The molecule has 0 saturated heterocycles. The molecule has 2 aromatic rings. The molecule has 0 unspecified atom stereocenters. The van der Waals surface area contributed by atoms with E-state index in [1.54, 1.807) is 6.42 Å². The molecule has 0 aliphatic carbocycles. The highest BCUT2D eigenvalue weighted by Gasteiger charge is 2.29. The first-order valence-corrected chi connectivity index (χ1v) is 5.80. The molecule has 5 heteroatoms. The zero-order valence-electron chi connectivity index (χ0n) is 10.2. The minimum absolute atomic E-state index is 0.236. The fraction of sp³-hybridized carbons (Fsp3) is 0.133. The number of benzene rings is 2. The van der Waals surface area contributed by atoms with E-state index >= 15 is 0 Å². The number of halogens is 5. The maximum absolute atomic E-state index is 13.0. The summed E-state index contributed by atoms with van der Waals surface area (Å²) in [4.78, 5) is 0. The normalized spacial score (nSPS) is 11.7. The zero-order chi connectivity index (χ0) is 14.8. The molecule has 0 bridgehead atoms. The summed E-state index contributed by atoms with van der Waals surface area (Å²) in [7, 11) is 0. The number of hydrogen-bond donors (Lipinski definition) is 0. The number of rotatable bonds is 3. The summed E-state index contributed by atoms with van der Waals surface area (Å²) in [5, 5.41) is 0. The van der Waals surface area contributed by atoms with Gasteiger partial charge in [-0.05, 0) is 48.2 Å². The van der Waals surface area contributed by atoms with Crippen LogP contribution in [0, 0.1) is 18.1 Å². The van der Waals surface area contributed by atoms with Crippen LogP contribution in [0.5, 0.6) is 0 Å². The summed E-state index contributed by atoms with van der Waals surface area (Å²) in [6.45, 7) is 0. The molecule has 0 amide bonds. The molecule has 2 aromatic carbocycles. The Morgan fingerprint density at radius 3 is 1.90 bits per heavy atom. The highest BCUT2D eigenvalue weighted by Crippen LogP contribution is 2.29. The molecule has 0 N–H and O–H groups in total. The van der Waals surface area contributed by atoms with Gasteiger partial charge in [-0.3, -0.25) is 0 Å². The Bertz CT molecular complexity index is 564. The average molecular weight is 285 g/mol. The van der Waals surface area contributed by atoms with E-state index in [9.17, 15) is 22.0 Å². The van der Waals surface area contributed by atoms with Crippen molar-refractivity contribution in [3.8, 4) is 0 Å². The molecule has 1 radical (unpaired) electrons. The van der Waals surface area contributed by atoms with Crippen molar-refractivity contribution in [3.05, 3.63) is 77.2 Å². The summed E-state index contributed by atoms with van der Waals surface area (Å²) in [6.07, 6.45) is -2.53. The van der Waals surface area contributed by atoms with Crippen LogP contribution in [0.25, 0.3) is 0 Å². The second-order valence-electron chi connectivity index (χ2n) is 4.31. The van der Waals surface area contributed by atoms with Gasteiger partial charge < -0.3 is 0 Å². The van der Waals surface area contributed by atoms with Gasteiger partial charge in [-0.2, -0.15) is 13.2 Å². The Morgan fingerprint density at radius 2 is 1.40 bits per heavy atom. The molecular formula is C15H10F5. The molecule has 2 rings (SSSR count). The molecule has 105 valence electrons. The summed E-state index contributed by atoms with van der Waals surface area (Å²) in [5.74, 6) is -1.36. The molecule has 0 heterocycles. The molecule has 0 saturated carbocycles. The van der Waals surface area contributed by atoms with Crippen LogP contribution in [-0.4, -0.2) is 0 Å². The summed E-state index contributed by atoms with van der Waals surface area (Å²) >= 11 is 0. The van der Waals surface area contributed by atoms with Crippen molar-refractivity contribution in [2.24, 2.45) is 0 Å². The maximum atomic E-state index is 13.0. The lowest BCUT2D eigenvalue weighted by Crippen LogP contribution is -2.04. The van der Waals surface area contributed by atoms with Crippen LogP contribution >= 0.6 is 0 Å². The predicted molar refractivity (Wildman–Crippen MR) is 64.9 cm³/mol. The molecule has 0 aromatic heterocycles. The van der Waals surface area contributed by atoms with Crippen LogP contribution in [-0.2, 0) is 12.6 Å². The number of alkyl halides is 3. The molecule has 0 spiro atoms. The minimum atomic E-state index is -4.37. The molecule has 0 aliphatic rings. The van der Waals surface area contributed by atoms with E-state index in [1.807, 2.05) is 0 Å². The predicted octanol–water partition coefficient (Wildman–Crippen LogP) is 4.78. The van der Waals surface area contributed by atoms with Gasteiger partial charge in [-0.15, -0.1) is 0 Å². The third-order valence-electron chi connectivity index (χ3n) is 2.73. The third kappa shape index (κ3) is 3.79. The van der Waals surface area contributed by atoms with Crippen molar-refractivity contribution in [2.75, 3.05) is 0 Å². The fourth-order valence-electron chi connectivity index (χ4n) is 1.77. The van der Waals surface area contributed by atoms with Crippen molar-refractivity contribution in [1.82, 2.24) is 0 Å². The van der Waals surface area contributed by atoms with E-state index < -0.39 is 23.4 Å². The topological polar surface area (TPSA) is 0 Å². The van der Waals surface area contributed by atoms with Gasteiger partial charge in [0.1, 0.15) is 11.6 Å². The fourth-order valence-corrected chi connectivity index (χ4v) is 1.77. The Kier molecular flexibility index (Phi) is 4.06. The second-order valence-corrected chi connectivity index (χ2v) is 4.31. The molecule has 0 aliphatic heterocycles. The Labute approximate surface area is 112 Å². The van der Waals surface area contributed by atoms with Gasteiger partial charge in [-0.1, -0.05) is 12.1 Å². The van der Waals surface area contributed by atoms with E-state index in [-0.39, 0.29) is 6.42 Å². The minimum Gasteiger partial charge on any atom is -0.207 e. The first-order chi connectivity index (χ1) is 9.34. The van der Waals surface area contributed by atoms with Gasteiger partial charge in [0.25, 0.3) is 0 Å². The van der Waals surface area contributed by atoms with Gasteiger partial charge in [0, 0.05) is 6.07 Å². The molecule has 0 fully saturated rings. The van der Waals surface area contributed by atoms with Crippen LogP contribution in [0.1, 0.15) is 16.7 Å². The Balaban J connectivity index is 2.04. The zero-order valence-corrected chi connectivity index (χ0v) is 10.2. The van der Waals surface area contributed by atoms with E-state index in [0.717, 1.165) is 18.2 Å². The SMILES string of the molecule is Fc1cc(F)cc(C[CH]c2ccc(C(F)(F)F)cc2)c1. The monoisotopic (exact) mass is 285 g/mol. The molecular weight excluding hydrogens is 275 g/mol. The highest BCUT2D eigenvalue weighted by atomic mass is 19.4. The standard InChI is InChI=1S/C15H10F5/c16-13-7-11(8-14(17)9-13)2-1-10-3-5-12(6-4-10)15(18,19)20/h1,3-9H,2H2. The lowest BCUT2D eigenvalue weighted by atomic mass is 10.0. The van der Waals surface area contributed by atoms with Crippen LogP contribution < -0.4 is 0 Å². The van der Waals surface area contributed by atoms with Gasteiger partial charge in [-0.25, -0.2) is 8.78 Å². The van der Waals surface area contributed by atoms with Crippen LogP contribution in [0.2, 0.25) is 0 Å². The first-order valence-electron chi connectivity index (χ1n) is 5.80. The Hall–Kier alpha value is -1.91. The summed E-state index contributed by atoms with van der Waals surface area (Å²) in [5.41, 5.74) is 0.247. The van der Waals surface area contributed by atoms with E-state index in [0.29, 0.717) is 11.1 Å². The van der Waals surface area contributed by atoms with Crippen molar-refractivity contribution in [3.63, 3.8) is 0 Å². The Morgan fingerprint density at radius 1 is 0.850 bits per heavy atom. The molecule has 20 heavy (non-hydrogen) atoms. The third-order valence-corrected chi connectivity index (χ3v) is 2.73. The quantitative estimate of drug-likeness (QED) is 0.712. The first kappa shape index (κ1) is 14.5. The largest absolute Gasteiger partial charge is 0.416 e. The lowest BCUT2D eigenvalue weighted by Gasteiger charge is -2.07. The van der Waals surface area contributed by atoms with Gasteiger partial charge >= 0.3 is 6.18 Å². The van der Waals surface area contributed by atoms with Crippen molar-refractivity contribution in [1.29, 1.82) is 0 Å². The van der Waals surface area contributed by atoms with Gasteiger partial charge in [0.15, 0.2) is 0 Å². The van der Waals surface area contributed by atoms with Crippen LogP contribution in [0.15, 0.2) is 42.5 Å². The highest BCUT2D eigenvalue weighted by molar-refractivity contribution is 5.31. The van der Waals surface area contributed by atoms with Crippen molar-refractivity contribution >= 4 is 0 Å². The van der Waals surface area contributed by atoms with Crippen LogP contribution in [0.3, 0.4) is 0 Å². The van der Waals surface area contributed by atoms with Crippen molar-refractivity contribution < 1.29 is 22.0 Å². The van der Waals surface area contributed by atoms with Gasteiger partial charge in [0.05, 0.1) is 5.56 Å². The van der Waals surface area contributed by atoms with Crippen LogP contribution in [0.4, 0.5) is 22.0 Å². The van der Waals surface area contributed by atoms with E-state index in [2.05, 4.69) is 0 Å². The van der Waals surface area contributed by atoms with Crippen molar-refractivity contribution in [2.45, 2.75) is 12.6 Å². The summed E-state index contributed by atoms with van der Waals surface area (Å²) in [6, 6.07) is 7.71. The summed E-state index contributed by atoms with van der Waals surface area (Å²) < 4.78 is 63.0. The molecule has 0 nitrogen and oxygen atoms in total. The van der Waals surface area contributed by atoms with E-state index in [1.165, 1.54) is 24.3 Å².